The van der Waals surface area contributed by atoms with Crippen LogP contribution in [0.25, 0.3) is 0 Å². The Morgan fingerprint density at radius 2 is 2.50 bits per heavy atom. The zero-order chi connectivity index (χ0) is 3.54. The fourth-order valence-corrected chi connectivity index (χ4v) is 0.264. The lowest BCUT2D eigenvalue weighted by molar-refractivity contribution is 0.174. The van der Waals surface area contributed by atoms with Crippen molar-refractivity contribution < 1.29 is 10.3 Å². The summed E-state index contributed by atoms with van der Waals surface area (Å²) < 4.78 is 0. The van der Waals surface area contributed by atoms with Crippen molar-refractivity contribution in [3.05, 3.63) is 0 Å². The summed E-state index contributed by atoms with van der Waals surface area (Å²) in [5.41, 5.74) is 0. The molecule has 0 saturated heterocycles. The highest BCUT2D eigenvalue weighted by molar-refractivity contribution is 5.57. The van der Waals surface area contributed by atoms with Crippen LogP contribution in [0.5, 0.6) is 0 Å². The zero-order valence-electron chi connectivity index (χ0n) is 3.26. The fourth-order valence-electron chi connectivity index (χ4n) is 0.264. The van der Waals surface area contributed by atoms with Crippen molar-refractivity contribution >= 4 is 6.21 Å². The van der Waals surface area contributed by atoms with Crippen LogP contribution in [0.3, 0.4) is 0 Å². The molecule has 0 aromatic rings. The van der Waals surface area contributed by atoms with Gasteiger partial charge in [0.25, 0.3) is 0 Å². The van der Waals surface area contributed by atoms with E-state index in [0.29, 0.717) is 0 Å². The minimum atomic E-state index is 0. The first-order valence-electron chi connectivity index (χ1n) is 1.64. The van der Waals surface area contributed by atoms with Gasteiger partial charge < -0.3 is 4.84 Å². The molecule has 1 heterocycles. The Labute approximate surface area is 35.9 Å². The summed E-state index contributed by atoms with van der Waals surface area (Å²) >= 11 is 0. The summed E-state index contributed by atoms with van der Waals surface area (Å²) in [5, 5.41) is 3.46. The Morgan fingerprint density at radius 1 is 1.67 bits per heavy atom. The largest absolute Gasteiger partial charge is 0.396 e. The number of hydrogen-bond donors (Lipinski definition) is 0. The van der Waals surface area contributed by atoms with E-state index in [9.17, 15) is 0 Å². The molecule has 0 aliphatic carbocycles. The van der Waals surface area contributed by atoms with Gasteiger partial charge in [-0.05, 0) is 0 Å². The Hall–Kier alpha value is -0.570. The number of hydrogen-bond acceptors (Lipinski definition) is 2. The normalized spacial score (nSPS) is 16.0. The molecule has 6 heavy (non-hydrogen) atoms. The molecular weight excluding hydrogens is 82.0 g/mol. The summed E-state index contributed by atoms with van der Waals surface area (Å²) in [6.07, 6.45) is 2.75. The molecule has 1 aliphatic rings. The maximum absolute atomic E-state index is 4.51. The molecule has 0 spiro atoms. The van der Waals surface area contributed by atoms with Crippen LogP contribution in [-0.4, -0.2) is 12.8 Å². The second-order valence-electron chi connectivity index (χ2n) is 0.910. The Bertz CT molecular complexity index is 46.8. The molecule has 0 bridgehead atoms. The first-order chi connectivity index (χ1) is 2.50. The van der Waals surface area contributed by atoms with Crippen LogP contribution in [0.15, 0.2) is 5.16 Å². The van der Waals surface area contributed by atoms with Gasteiger partial charge in [-0.2, -0.15) is 0 Å². The second-order valence-corrected chi connectivity index (χ2v) is 0.910. The summed E-state index contributed by atoms with van der Waals surface area (Å²) in [6, 6.07) is 0. The average Bonchev–Trinajstić information content (AvgIpc) is 1.76. The summed E-state index contributed by atoms with van der Waals surface area (Å²) in [5.74, 6) is 0. The van der Waals surface area contributed by atoms with Crippen molar-refractivity contribution in [3.63, 3.8) is 0 Å². The first kappa shape index (κ1) is 5.43. The highest BCUT2D eigenvalue weighted by Crippen LogP contribution is 1.86. The van der Waals surface area contributed by atoms with E-state index in [1.807, 2.05) is 0 Å². The van der Waals surface area contributed by atoms with Crippen molar-refractivity contribution in [2.75, 3.05) is 6.61 Å². The molecular formula is C3H5NO2. The van der Waals surface area contributed by atoms with E-state index >= 15 is 0 Å². The minimum Gasteiger partial charge on any atom is -0.396 e. The van der Waals surface area contributed by atoms with Crippen molar-refractivity contribution in [3.8, 4) is 0 Å². The van der Waals surface area contributed by atoms with E-state index in [4.69, 9.17) is 0 Å². The van der Waals surface area contributed by atoms with E-state index < -0.39 is 0 Å². The van der Waals surface area contributed by atoms with Gasteiger partial charge in [0.05, 0.1) is 0 Å². The zero-order valence-corrected chi connectivity index (χ0v) is 3.26. The Morgan fingerprint density at radius 3 is 2.67 bits per heavy atom. The van der Waals surface area contributed by atoms with Gasteiger partial charge in [-0.25, -0.2) is 0 Å². The van der Waals surface area contributed by atoms with E-state index in [1.165, 1.54) is 0 Å². The van der Waals surface area contributed by atoms with Crippen molar-refractivity contribution in [1.82, 2.24) is 0 Å². The maximum Gasteiger partial charge on any atom is 0.122 e. The highest BCUT2D eigenvalue weighted by Gasteiger charge is 1.86. The van der Waals surface area contributed by atoms with Crippen molar-refractivity contribution in [2.45, 2.75) is 6.42 Å². The van der Waals surface area contributed by atoms with Gasteiger partial charge in [0.2, 0.25) is 0 Å². The topological polar surface area (TPSA) is 50.1 Å². The van der Waals surface area contributed by atoms with Crippen LogP contribution in [0.2, 0.25) is 0 Å². The molecule has 3 nitrogen and oxygen atoms in total. The smallest absolute Gasteiger partial charge is 0.122 e. The molecule has 0 atom stereocenters. The molecule has 2 radical (unpaired) electrons. The van der Waals surface area contributed by atoms with E-state index in [0.717, 1.165) is 13.0 Å². The minimum absolute atomic E-state index is 0. The number of oxime groups is 1. The van der Waals surface area contributed by atoms with Gasteiger partial charge in [0, 0.05) is 18.1 Å². The summed E-state index contributed by atoms with van der Waals surface area (Å²) in [7, 11) is 0. The molecule has 0 saturated carbocycles. The highest BCUT2D eigenvalue weighted by atomic mass is 16.6. The quantitative estimate of drug-likeness (QED) is 0.418. The Balaban J connectivity index is 0.000000250. The third-order valence-corrected chi connectivity index (χ3v) is 0.487. The molecule has 3 heteroatoms. The summed E-state index contributed by atoms with van der Waals surface area (Å²) in [6.45, 7) is 0.778. The lowest BCUT2D eigenvalue weighted by Gasteiger charge is -1.76. The number of rotatable bonds is 0. The van der Waals surface area contributed by atoms with E-state index in [-0.39, 0.29) is 5.48 Å². The lowest BCUT2D eigenvalue weighted by Crippen LogP contribution is -1.72. The summed E-state index contributed by atoms with van der Waals surface area (Å²) in [4.78, 5) is 4.51. The van der Waals surface area contributed by atoms with Gasteiger partial charge >= 0.3 is 0 Å². The van der Waals surface area contributed by atoms with Crippen LogP contribution in [0.4, 0.5) is 0 Å². The van der Waals surface area contributed by atoms with Crippen LogP contribution in [0, 0.1) is 0 Å². The van der Waals surface area contributed by atoms with E-state index in [1.54, 1.807) is 6.21 Å². The van der Waals surface area contributed by atoms with Crippen LogP contribution < -0.4 is 0 Å². The standard InChI is InChI=1S/C3H5NO.O/c1-2-4-5-3-1;/h2H,1,3H2;. The van der Waals surface area contributed by atoms with E-state index in [2.05, 4.69) is 9.99 Å². The molecule has 0 aromatic carbocycles. The van der Waals surface area contributed by atoms with Gasteiger partial charge in [-0.15, -0.1) is 0 Å². The molecule has 0 fully saturated rings. The average molecular weight is 87.1 g/mol. The molecule has 0 amide bonds. The number of nitrogens with zero attached hydrogens (tertiary/aromatic N) is 1. The fraction of sp³-hybridized carbons (Fsp3) is 0.667. The molecule has 1 rings (SSSR count). The van der Waals surface area contributed by atoms with Crippen molar-refractivity contribution in [2.24, 2.45) is 5.16 Å². The van der Waals surface area contributed by atoms with Crippen LogP contribution in [-0.2, 0) is 10.3 Å². The van der Waals surface area contributed by atoms with Crippen molar-refractivity contribution in [1.29, 1.82) is 0 Å². The van der Waals surface area contributed by atoms with Gasteiger partial charge in [-0.3, -0.25) is 0 Å². The first-order valence-corrected chi connectivity index (χ1v) is 1.64. The maximum atomic E-state index is 4.51. The van der Waals surface area contributed by atoms with Gasteiger partial charge in [0.1, 0.15) is 6.61 Å². The van der Waals surface area contributed by atoms with Crippen LogP contribution >= 0.6 is 0 Å². The lowest BCUT2D eigenvalue weighted by atomic mass is 10.5. The Kier molecular flexibility index (Phi) is 2.40. The third kappa shape index (κ3) is 1.03. The SMILES string of the molecule is C1=NOCC1.[O]. The molecule has 0 aromatic heterocycles. The predicted molar refractivity (Wildman–Crippen MR) is 19.7 cm³/mol. The van der Waals surface area contributed by atoms with Gasteiger partial charge in [0.15, 0.2) is 0 Å². The molecule has 1 aliphatic heterocycles. The second kappa shape index (κ2) is 2.66. The molecule has 0 N–H and O–H groups in total. The van der Waals surface area contributed by atoms with Gasteiger partial charge in [-0.1, -0.05) is 5.16 Å². The van der Waals surface area contributed by atoms with Crippen LogP contribution in [0.1, 0.15) is 6.42 Å². The molecule has 34 valence electrons. The third-order valence-electron chi connectivity index (χ3n) is 0.487. The molecule has 0 unspecified atom stereocenters. The monoisotopic (exact) mass is 87.0 g/mol. The predicted octanol–water partition coefficient (Wildman–Crippen LogP) is 0.274.